The molecule has 5 nitrogen and oxygen atoms in total. The van der Waals surface area contributed by atoms with Crippen LogP contribution >= 0.6 is 0 Å². The van der Waals surface area contributed by atoms with Gasteiger partial charge in [-0.1, -0.05) is 19.9 Å². The van der Waals surface area contributed by atoms with E-state index in [1.807, 2.05) is 30.0 Å². The molecule has 1 aromatic carbocycles. The van der Waals surface area contributed by atoms with Gasteiger partial charge in [-0.3, -0.25) is 9.59 Å². The molecule has 0 bridgehead atoms. The minimum absolute atomic E-state index is 0.0163. The third-order valence-corrected chi connectivity index (χ3v) is 5.33. The fraction of sp³-hybridized carbons (Fsp3) is 0.600. The molecule has 0 unspecified atom stereocenters. The molecule has 3 atom stereocenters. The lowest BCUT2D eigenvalue weighted by molar-refractivity contribution is -0.119. The van der Waals surface area contributed by atoms with Gasteiger partial charge in [-0.25, -0.2) is 0 Å². The molecule has 2 N–H and O–H groups in total. The third kappa shape index (κ3) is 4.21. The summed E-state index contributed by atoms with van der Waals surface area (Å²) in [6.45, 7) is 9.60. The lowest BCUT2D eigenvalue weighted by Crippen LogP contribution is -2.42. The van der Waals surface area contributed by atoms with Crippen molar-refractivity contribution < 1.29 is 9.59 Å². The maximum absolute atomic E-state index is 12.9. The van der Waals surface area contributed by atoms with Gasteiger partial charge in [-0.05, 0) is 55.8 Å². The molecule has 25 heavy (non-hydrogen) atoms. The quantitative estimate of drug-likeness (QED) is 0.887. The summed E-state index contributed by atoms with van der Waals surface area (Å²) in [4.78, 5) is 27.2. The molecule has 136 valence electrons. The molecule has 0 saturated carbocycles. The maximum atomic E-state index is 12.9. The van der Waals surface area contributed by atoms with Crippen molar-refractivity contribution in [3.8, 4) is 0 Å². The first-order valence-corrected chi connectivity index (χ1v) is 9.35. The molecule has 0 aromatic heterocycles. The van der Waals surface area contributed by atoms with Gasteiger partial charge in [-0.15, -0.1) is 0 Å². The molecule has 5 heteroatoms. The minimum atomic E-state index is 0.0163. The number of piperidine rings is 1. The first-order chi connectivity index (χ1) is 11.9. The van der Waals surface area contributed by atoms with Crippen LogP contribution < -0.4 is 10.6 Å². The SMILES string of the molecule is Cc1ccc(C(=O)N2C[C@H](C)C[C@@H](C)C2)cc1NC(=O)[C@H]1CCNC1. The summed E-state index contributed by atoms with van der Waals surface area (Å²) in [5, 5.41) is 6.23. The number of carbonyl (C=O) groups excluding carboxylic acids is 2. The van der Waals surface area contributed by atoms with E-state index in [0.717, 1.165) is 43.9 Å². The van der Waals surface area contributed by atoms with Crippen LogP contribution in [0, 0.1) is 24.7 Å². The van der Waals surface area contributed by atoms with Gasteiger partial charge in [0.15, 0.2) is 0 Å². The maximum Gasteiger partial charge on any atom is 0.253 e. The molecular formula is C20H29N3O2. The Morgan fingerprint density at radius 3 is 2.56 bits per heavy atom. The Labute approximate surface area is 150 Å². The van der Waals surface area contributed by atoms with Crippen molar-refractivity contribution in [2.45, 2.75) is 33.6 Å². The fourth-order valence-corrected chi connectivity index (χ4v) is 4.01. The van der Waals surface area contributed by atoms with E-state index in [0.29, 0.717) is 17.4 Å². The molecule has 0 aliphatic carbocycles. The zero-order valence-corrected chi connectivity index (χ0v) is 15.5. The summed E-state index contributed by atoms with van der Waals surface area (Å²) in [5.41, 5.74) is 2.39. The highest BCUT2D eigenvalue weighted by Gasteiger charge is 2.27. The molecule has 2 saturated heterocycles. The van der Waals surface area contributed by atoms with Gasteiger partial charge in [0, 0.05) is 30.9 Å². The minimum Gasteiger partial charge on any atom is -0.338 e. The van der Waals surface area contributed by atoms with E-state index < -0.39 is 0 Å². The Morgan fingerprint density at radius 2 is 1.92 bits per heavy atom. The smallest absolute Gasteiger partial charge is 0.253 e. The monoisotopic (exact) mass is 343 g/mol. The van der Waals surface area contributed by atoms with Crippen molar-refractivity contribution in [2.24, 2.45) is 17.8 Å². The second-order valence-electron chi connectivity index (χ2n) is 7.86. The van der Waals surface area contributed by atoms with E-state index in [4.69, 9.17) is 0 Å². The zero-order valence-electron chi connectivity index (χ0n) is 15.5. The zero-order chi connectivity index (χ0) is 18.0. The average molecular weight is 343 g/mol. The van der Waals surface area contributed by atoms with Gasteiger partial charge in [-0.2, -0.15) is 0 Å². The molecular weight excluding hydrogens is 314 g/mol. The molecule has 2 fully saturated rings. The topological polar surface area (TPSA) is 61.4 Å². The summed E-state index contributed by atoms with van der Waals surface area (Å²) in [5.74, 6) is 1.19. The van der Waals surface area contributed by atoms with E-state index in [1.165, 1.54) is 6.42 Å². The number of nitrogens with one attached hydrogen (secondary N) is 2. The molecule has 3 rings (SSSR count). The van der Waals surface area contributed by atoms with Crippen LogP contribution in [0.2, 0.25) is 0 Å². The number of rotatable bonds is 3. The molecule has 2 aliphatic heterocycles. The van der Waals surface area contributed by atoms with Gasteiger partial charge in [0.25, 0.3) is 5.91 Å². The average Bonchev–Trinajstić information content (AvgIpc) is 3.10. The first kappa shape index (κ1) is 17.9. The van der Waals surface area contributed by atoms with E-state index in [2.05, 4.69) is 24.5 Å². The highest BCUT2D eigenvalue weighted by molar-refractivity contribution is 5.98. The Balaban J connectivity index is 1.74. The van der Waals surface area contributed by atoms with Crippen molar-refractivity contribution >= 4 is 17.5 Å². The molecule has 2 aliphatic rings. The van der Waals surface area contributed by atoms with Crippen LogP contribution in [0.3, 0.4) is 0 Å². The van der Waals surface area contributed by atoms with Gasteiger partial charge in [0.1, 0.15) is 0 Å². The number of likely N-dealkylation sites (tertiary alicyclic amines) is 1. The molecule has 0 radical (unpaired) electrons. The van der Waals surface area contributed by atoms with Gasteiger partial charge in [0.2, 0.25) is 5.91 Å². The van der Waals surface area contributed by atoms with Crippen LogP contribution in [-0.4, -0.2) is 42.9 Å². The molecule has 0 spiro atoms. The van der Waals surface area contributed by atoms with Crippen molar-refractivity contribution in [2.75, 3.05) is 31.5 Å². The van der Waals surface area contributed by atoms with Gasteiger partial charge in [0.05, 0.1) is 5.92 Å². The van der Waals surface area contributed by atoms with E-state index in [-0.39, 0.29) is 17.7 Å². The number of anilines is 1. The predicted molar refractivity (Wildman–Crippen MR) is 99.6 cm³/mol. The van der Waals surface area contributed by atoms with Crippen LogP contribution in [0.4, 0.5) is 5.69 Å². The van der Waals surface area contributed by atoms with Crippen molar-refractivity contribution in [3.05, 3.63) is 29.3 Å². The Hall–Kier alpha value is -1.88. The van der Waals surface area contributed by atoms with Gasteiger partial charge >= 0.3 is 0 Å². The standard InChI is InChI=1S/C20H29N3O2/c1-13-8-14(2)12-23(11-13)20(25)16-5-4-15(3)18(9-16)22-19(24)17-6-7-21-10-17/h4-5,9,13-14,17,21H,6-8,10-12H2,1-3H3,(H,22,24)/t13-,14-,17+/m1/s1. The predicted octanol–water partition coefficient (Wildman–Crippen LogP) is 2.66. The summed E-state index contributed by atoms with van der Waals surface area (Å²) >= 11 is 0. The highest BCUT2D eigenvalue weighted by atomic mass is 16.2. The number of benzene rings is 1. The number of hydrogen-bond acceptors (Lipinski definition) is 3. The van der Waals surface area contributed by atoms with Crippen LogP contribution in [-0.2, 0) is 4.79 Å². The molecule has 2 heterocycles. The number of amides is 2. The lowest BCUT2D eigenvalue weighted by Gasteiger charge is -2.35. The number of hydrogen-bond donors (Lipinski definition) is 2. The Morgan fingerprint density at radius 1 is 1.20 bits per heavy atom. The number of nitrogens with zero attached hydrogens (tertiary/aromatic N) is 1. The van der Waals surface area contributed by atoms with E-state index in [1.54, 1.807) is 0 Å². The van der Waals surface area contributed by atoms with Crippen LogP contribution in [0.15, 0.2) is 18.2 Å². The van der Waals surface area contributed by atoms with Crippen LogP contribution in [0.25, 0.3) is 0 Å². The lowest BCUT2D eigenvalue weighted by atomic mass is 9.91. The second kappa shape index (κ2) is 7.56. The normalized spacial score (nSPS) is 26.5. The van der Waals surface area contributed by atoms with Crippen molar-refractivity contribution in [1.29, 1.82) is 0 Å². The summed E-state index contributed by atoms with van der Waals surface area (Å²) in [7, 11) is 0. The van der Waals surface area contributed by atoms with Crippen LogP contribution in [0.1, 0.15) is 42.6 Å². The summed E-state index contributed by atoms with van der Waals surface area (Å²) < 4.78 is 0. The van der Waals surface area contributed by atoms with E-state index in [9.17, 15) is 9.59 Å². The van der Waals surface area contributed by atoms with Crippen molar-refractivity contribution in [3.63, 3.8) is 0 Å². The first-order valence-electron chi connectivity index (χ1n) is 9.35. The molecule has 1 aromatic rings. The second-order valence-corrected chi connectivity index (χ2v) is 7.86. The largest absolute Gasteiger partial charge is 0.338 e. The van der Waals surface area contributed by atoms with Crippen molar-refractivity contribution in [1.82, 2.24) is 10.2 Å². The Bertz CT molecular complexity index is 642. The number of aryl methyl sites for hydroxylation is 1. The Kier molecular flexibility index (Phi) is 5.42. The number of carbonyl (C=O) groups is 2. The summed E-state index contributed by atoms with van der Waals surface area (Å²) in [6, 6.07) is 5.63. The molecule has 2 amide bonds. The summed E-state index contributed by atoms with van der Waals surface area (Å²) in [6.07, 6.45) is 2.04. The highest BCUT2D eigenvalue weighted by Crippen LogP contribution is 2.25. The fourth-order valence-electron chi connectivity index (χ4n) is 4.01. The van der Waals surface area contributed by atoms with E-state index >= 15 is 0 Å². The van der Waals surface area contributed by atoms with Crippen LogP contribution in [0.5, 0.6) is 0 Å². The third-order valence-electron chi connectivity index (χ3n) is 5.33. The van der Waals surface area contributed by atoms with Gasteiger partial charge < -0.3 is 15.5 Å².